The molecule has 6 heteroatoms. The Labute approximate surface area is 141 Å². The van der Waals surface area contributed by atoms with Crippen LogP contribution in [0.15, 0.2) is 47.6 Å². The van der Waals surface area contributed by atoms with Crippen LogP contribution in [0.2, 0.25) is 0 Å². The van der Waals surface area contributed by atoms with Gasteiger partial charge in [0.05, 0.1) is 13.3 Å². The van der Waals surface area contributed by atoms with Gasteiger partial charge in [-0.3, -0.25) is 4.79 Å². The van der Waals surface area contributed by atoms with Crippen molar-refractivity contribution in [3.05, 3.63) is 53.6 Å². The van der Waals surface area contributed by atoms with E-state index in [4.69, 9.17) is 4.74 Å². The first-order valence-electron chi connectivity index (χ1n) is 7.54. The fourth-order valence-electron chi connectivity index (χ4n) is 2.10. The maximum Gasteiger partial charge on any atom is 0.262 e. The number of carbonyl (C=O) groups is 1. The van der Waals surface area contributed by atoms with Crippen LogP contribution in [0.25, 0.3) is 0 Å². The average molecular weight is 327 g/mol. The molecule has 0 heterocycles. The van der Waals surface area contributed by atoms with Crippen LogP contribution >= 0.6 is 0 Å². The topological polar surface area (TPSA) is 83.0 Å². The molecular formula is C18H21N3O3. The normalized spacial score (nSPS) is 12.0. The molecule has 0 spiro atoms. The molecule has 0 bridgehead atoms. The van der Waals surface area contributed by atoms with E-state index < -0.39 is 6.04 Å². The number of hydrogen-bond acceptors (Lipinski definition) is 5. The molecule has 1 atom stereocenters. The lowest BCUT2D eigenvalue weighted by molar-refractivity contribution is -0.121. The number of nitrogens with zero attached hydrogens (tertiary/aromatic N) is 1. The summed E-state index contributed by atoms with van der Waals surface area (Å²) >= 11 is 0. The van der Waals surface area contributed by atoms with Gasteiger partial charge in [0.25, 0.3) is 5.91 Å². The summed E-state index contributed by atoms with van der Waals surface area (Å²) in [5, 5.41) is 17.0. The van der Waals surface area contributed by atoms with Gasteiger partial charge in [-0.05, 0) is 37.6 Å². The molecule has 0 aliphatic rings. The summed E-state index contributed by atoms with van der Waals surface area (Å²) in [6, 6.07) is 12.3. The van der Waals surface area contributed by atoms with E-state index in [1.165, 1.54) is 13.3 Å². The highest BCUT2D eigenvalue weighted by Crippen LogP contribution is 2.27. The number of phenols is 1. The van der Waals surface area contributed by atoms with Crippen molar-refractivity contribution >= 4 is 17.8 Å². The molecule has 3 N–H and O–H groups in total. The number of ether oxygens (including phenoxy) is 1. The Hall–Kier alpha value is -3.02. The molecule has 0 aliphatic heterocycles. The predicted molar refractivity (Wildman–Crippen MR) is 94.7 cm³/mol. The van der Waals surface area contributed by atoms with Gasteiger partial charge in [-0.1, -0.05) is 24.3 Å². The van der Waals surface area contributed by atoms with E-state index in [0.717, 1.165) is 11.3 Å². The largest absolute Gasteiger partial charge is 0.504 e. The van der Waals surface area contributed by atoms with Gasteiger partial charge in [0, 0.05) is 11.3 Å². The number of hydrogen-bond donors (Lipinski definition) is 3. The lowest BCUT2D eigenvalue weighted by Gasteiger charge is -2.15. The number of phenolic OH excluding ortho intramolecular Hbond substituents is 1. The van der Waals surface area contributed by atoms with Crippen LogP contribution in [-0.4, -0.2) is 30.4 Å². The lowest BCUT2D eigenvalue weighted by Crippen LogP contribution is -2.35. The highest BCUT2D eigenvalue weighted by molar-refractivity contribution is 5.88. The van der Waals surface area contributed by atoms with Crippen molar-refractivity contribution in [2.24, 2.45) is 5.10 Å². The van der Waals surface area contributed by atoms with Crippen LogP contribution in [0.5, 0.6) is 11.5 Å². The summed E-state index contributed by atoms with van der Waals surface area (Å²) in [5.41, 5.74) is 4.86. The van der Waals surface area contributed by atoms with Gasteiger partial charge in [0.15, 0.2) is 11.5 Å². The van der Waals surface area contributed by atoms with Crippen LogP contribution in [0.3, 0.4) is 0 Å². The molecule has 24 heavy (non-hydrogen) atoms. The Kier molecular flexibility index (Phi) is 5.78. The van der Waals surface area contributed by atoms with Gasteiger partial charge in [-0.25, -0.2) is 5.43 Å². The minimum Gasteiger partial charge on any atom is -0.504 e. The van der Waals surface area contributed by atoms with Gasteiger partial charge >= 0.3 is 0 Å². The van der Waals surface area contributed by atoms with Crippen LogP contribution < -0.4 is 15.5 Å². The third kappa shape index (κ3) is 4.25. The lowest BCUT2D eigenvalue weighted by atomic mass is 10.2. The Morgan fingerprint density at radius 1 is 1.25 bits per heavy atom. The Balaban J connectivity index is 1.96. The van der Waals surface area contributed by atoms with E-state index in [0.29, 0.717) is 11.3 Å². The Bertz CT molecular complexity index is 744. The average Bonchev–Trinajstić information content (AvgIpc) is 2.58. The predicted octanol–water partition coefficient (Wildman–Crippen LogP) is 2.66. The zero-order valence-electron chi connectivity index (χ0n) is 13.9. The van der Waals surface area contributed by atoms with Crippen molar-refractivity contribution in [3.63, 3.8) is 0 Å². The van der Waals surface area contributed by atoms with Crippen molar-refractivity contribution in [1.29, 1.82) is 0 Å². The Morgan fingerprint density at radius 2 is 2.00 bits per heavy atom. The number of aromatic hydroxyl groups is 1. The smallest absolute Gasteiger partial charge is 0.262 e. The summed E-state index contributed by atoms with van der Waals surface area (Å²) in [6.07, 6.45) is 1.37. The summed E-state index contributed by atoms with van der Waals surface area (Å²) in [4.78, 5) is 12.1. The first kappa shape index (κ1) is 17.3. The number of para-hydroxylation sites is 2. The molecule has 0 unspecified atom stereocenters. The zero-order valence-corrected chi connectivity index (χ0v) is 13.9. The molecule has 1 amide bonds. The third-order valence-corrected chi connectivity index (χ3v) is 3.54. The fraction of sp³-hybridized carbons (Fsp3) is 0.222. The van der Waals surface area contributed by atoms with Gasteiger partial charge in [-0.15, -0.1) is 0 Å². The van der Waals surface area contributed by atoms with Gasteiger partial charge < -0.3 is 15.2 Å². The maximum absolute atomic E-state index is 12.1. The van der Waals surface area contributed by atoms with Crippen molar-refractivity contribution in [2.45, 2.75) is 19.9 Å². The van der Waals surface area contributed by atoms with Crippen molar-refractivity contribution < 1.29 is 14.6 Å². The SMILES string of the molecule is COc1cccc(/C=N\NC(=O)[C@H](C)Nc2ccccc2C)c1O. The molecule has 2 aromatic carbocycles. The zero-order chi connectivity index (χ0) is 17.5. The molecule has 0 aliphatic carbocycles. The first-order valence-corrected chi connectivity index (χ1v) is 7.54. The summed E-state index contributed by atoms with van der Waals surface area (Å²) < 4.78 is 5.02. The maximum atomic E-state index is 12.1. The van der Waals surface area contributed by atoms with Crippen LogP contribution in [0.1, 0.15) is 18.1 Å². The third-order valence-electron chi connectivity index (χ3n) is 3.54. The van der Waals surface area contributed by atoms with Crippen molar-refractivity contribution in [1.82, 2.24) is 5.43 Å². The van der Waals surface area contributed by atoms with Crippen molar-refractivity contribution in [2.75, 3.05) is 12.4 Å². The monoisotopic (exact) mass is 327 g/mol. The molecule has 2 rings (SSSR count). The van der Waals surface area contributed by atoms with E-state index in [9.17, 15) is 9.90 Å². The standard InChI is InChI=1S/C18H21N3O3/c1-12-7-4-5-9-15(12)20-13(2)18(23)21-19-11-14-8-6-10-16(24-3)17(14)22/h4-11,13,20,22H,1-3H3,(H,21,23)/b19-11-/t13-/m0/s1. The molecule has 0 saturated heterocycles. The molecule has 0 fully saturated rings. The number of nitrogens with one attached hydrogen (secondary N) is 2. The molecule has 126 valence electrons. The van der Waals surface area contributed by atoms with E-state index in [1.807, 2.05) is 31.2 Å². The summed E-state index contributed by atoms with van der Waals surface area (Å²) in [5.74, 6) is 0.0424. The van der Waals surface area contributed by atoms with Gasteiger partial charge in [0.1, 0.15) is 6.04 Å². The molecular weight excluding hydrogens is 306 g/mol. The number of anilines is 1. The fourth-order valence-corrected chi connectivity index (χ4v) is 2.10. The number of carbonyl (C=O) groups excluding carboxylic acids is 1. The van der Waals surface area contributed by atoms with E-state index in [2.05, 4.69) is 15.8 Å². The van der Waals surface area contributed by atoms with Gasteiger partial charge in [-0.2, -0.15) is 5.10 Å². The highest BCUT2D eigenvalue weighted by atomic mass is 16.5. The number of benzene rings is 2. The summed E-state index contributed by atoms with van der Waals surface area (Å²) in [7, 11) is 1.47. The Morgan fingerprint density at radius 3 is 2.71 bits per heavy atom. The first-order chi connectivity index (χ1) is 11.5. The molecule has 0 radical (unpaired) electrons. The number of rotatable bonds is 6. The molecule has 0 saturated carbocycles. The minimum absolute atomic E-state index is 0.0240. The van der Waals surface area contributed by atoms with Gasteiger partial charge in [0.2, 0.25) is 0 Å². The molecule has 2 aromatic rings. The summed E-state index contributed by atoms with van der Waals surface area (Å²) in [6.45, 7) is 3.72. The second-order valence-corrected chi connectivity index (χ2v) is 5.31. The molecule has 6 nitrogen and oxygen atoms in total. The number of methoxy groups -OCH3 is 1. The van der Waals surface area contributed by atoms with Crippen LogP contribution in [0.4, 0.5) is 5.69 Å². The van der Waals surface area contributed by atoms with Crippen LogP contribution in [0, 0.1) is 6.92 Å². The van der Waals surface area contributed by atoms with Crippen molar-refractivity contribution in [3.8, 4) is 11.5 Å². The van der Waals surface area contributed by atoms with Crippen LogP contribution in [-0.2, 0) is 4.79 Å². The second kappa shape index (κ2) is 8.01. The number of aryl methyl sites for hydroxylation is 1. The highest BCUT2D eigenvalue weighted by Gasteiger charge is 2.12. The minimum atomic E-state index is -0.456. The number of amides is 1. The quantitative estimate of drug-likeness (QED) is 0.563. The second-order valence-electron chi connectivity index (χ2n) is 5.31. The molecule has 0 aromatic heterocycles. The van der Waals surface area contributed by atoms with E-state index >= 15 is 0 Å². The van der Waals surface area contributed by atoms with E-state index in [-0.39, 0.29) is 11.7 Å². The number of hydrazone groups is 1. The van der Waals surface area contributed by atoms with E-state index in [1.54, 1.807) is 25.1 Å².